The van der Waals surface area contributed by atoms with Crippen LogP contribution in [0.5, 0.6) is 0 Å². The van der Waals surface area contributed by atoms with Crippen LogP contribution >= 0.6 is 0 Å². The molecule has 1 aromatic rings. The molecule has 1 aliphatic rings. The van der Waals surface area contributed by atoms with Gasteiger partial charge in [0.2, 0.25) is 5.91 Å². The summed E-state index contributed by atoms with van der Waals surface area (Å²) in [5, 5.41) is 0. The molecule has 1 saturated carbocycles. The van der Waals surface area contributed by atoms with Gasteiger partial charge in [-0.3, -0.25) is 14.4 Å². The van der Waals surface area contributed by atoms with Crippen LogP contribution in [0.3, 0.4) is 0 Å². The Morgan fingerprint density at radius 3 is 2.60 bits per heavy atom. The number of rotatable bonds is 5. The summed E-state index contributed by atoms with van der Waals surface area (Å²) in [6, 6.07) is 4.05. The Balaban J connectivity index is 2.28. The first-order valence-corrected chi connectivity index (χ1v) is 8.64. The molecule has 0 radical (unpaired) electrons. The highest BCUT2D eigenvalue weighted by Gasteiger charge is 2.44. The van der Waals surface area contributed by atoms with E-state index in [0.29, 0.717) is 0 Å². The number of carbonyl (C=O) groups is 3. The van der Waals surface area contributed by atoms with Gasteiger partial charge in [-0.2, -0.15) is 0 Å². The van der Waals surface area contributed by atoms with Crippen molar-refractivity contribution in [1.29, 1.82) is 0 Å². The van der Waals surface area contributed by atoms with Crippen LogP contribution in [0.25, 0.3) is 0 Å². The second-order valence-electron chi connectivity index (χ2n) is 6.87. The highest BCUT2D eigenvalue weighted by molar-refractivity contribution is 6.15. The molecule has 132 valence electrons. The lowest BCUT2D eigenvalue weighted by Gasteiger charge is -2.18. The van der Waals surface area contributed by atoms with Crippen LogP contribution in [0.15, 0.2) is 12.1 Å². The number of hydrogen-bond acceptors (Lipinski definition) is 3. The van der Waals surface area contributed by atoms with Crippen molar-refractivity contribution in [2.75, 3.05) is 13.6 Å². The minimum absolute atomic E-state index is 0.0472. The van der Waals surface area contributed by atoms with Gasteiger partial charge in [0.05, 0.1) is 6.54 Å². The molecule has 1 fully saturated rings. The van der Waals surface area contributed by atoms with Crippen molar-refractivity contribution in [3.8, 4) is 12.3 Å². The van der Waals surface area contributed by atoms with E-state index >= 15 is 0 Å². The fraction of sp³-hybridized carbons (Fsp3) is 0.476. The first-order valence-electron chi connectivity index (χ1n) is 8.64. The second kappa shape index (κ2) is 7.65. The van der Waals surface area contributed by atoms with Gasteiger partial charge in [-0.25, -0.2) is 0 Å². The van der Waals surface area contributed by atoms with E-state index in [2.05, 4.69) is 5.92 Å². The molecule has 0 heterocycles. The molecular weight excluding hydrogens is 314 g/mol. The fourth-order valence-corrected chi connectivity index (χ4v) is 3.70. The van der Waals surface area contributed by atoms with E-state index in [1.807, 2.05) is 32.9 Å². The predicted molar refractivity (Wildman–Crippen MR) is 97.2 cm³/mol. The quantitative estimate of drug-likeness (QED) is 0.612. The highest BCUT2D eigenvalue weighted by Crippen LogP contribution is 2.38. The molecule has 1 aromatic carbocycles. The average Bonchev–Trinajstić information content (AvgIpc) is 2.81. The number of terminal acetylenes is 1. The van der Waals surface area contributed by atoms with Gasteiger partial charge in [0.15, 0.2) is 5.78 Å². The molecule has 0 spiro atoms. The minimum atomic E-state index is -0.730. The van der Waals surface area contributed by atoms with E-state index in [1.165, 1.54) is 4.90 Å². The summed E-state index contributed by atoms with van der Waals surface area (Å²) in [6.45, 7) is 6.18. The van der Waals surface area contributed by atoms with Crippen LogP contribution in [0.2, 0.25) is 0 Å². The highest BCUT2D eigenvalue weighted by atomic mass is 16.2. The Kier molecular flexibility index (Phi) is 5.79. The second-order valence-corrected chi connectivity index (χ2v) is 6.87. The van der Waals surface area contributed by atoms with Crippen molar-refractivity contribution in [2.24, 2.45) is 5.92 Å². The molecule has 0 aromatic heterocycles. The van der Waals surface area contributed by atoms with Crippen LogP contribution in [-0.4, -0.2) is 36.0 Å². The largest absolute Gasteiger partial charge is 0.335 e. The molecule has 25 heavy (non-hydrogen) atoms. The fourth-order valence-electron chi connectivity index (χ4n) is 3.70. The molecule has 4 nitrogen and oxygen atoms in total. The van der Waals surface area contributed by atoms with E-state index in [1.54, 1.807) is 7.05 Å². The predicted octanol–water partition coefficient (Wildman–Crippen LogP) is 2.59. The molecule has 2 atom stereocenters. The average molecular weight is 339 g/mol. The zero-order valence-electron chi connectivity index (χ0n) is 15.4. The van der Waals surface area contributed by atoms with Crippen molar-refractivity contribution < 1.29 is 14.4 Å². The van der Waals surface area contributed by atoms with Gasteiger partial charge in [0.1, 0.15) is 11.7 Å². The van der Waals surface area contributed by atoms with Gasteiger partial charge < -0.3 is 4.90 Å². The topological polar surface area (TPSA) is 54.5 Å². The third-order valence-electron chi connectivity index (χ3n) is 4.92. The summed E-state index contributed by atoms with van der Waals surface area (Å²) < 4.78 is 0. The molecule has 0 saturated heterocycles. The van der Waals surface area contributed by atoms with E-state index in [4.69, 9.17) is 6.42 Å². The minimum Gasteiger partial charge on any atom is -0.335 e. The number of hydrogen-bond donors (Lipinski definition) is 0. The summed E-state index contributed by atoms with van der Waals surface area (Å²) in [5.74, 6) is 0.729. The van der Waals surface area contributed by atoms with E-state index in [-0.39, 0.29) is 36.9 Å². The van der Waals surface area contributed by atoms with Gasteiger partial charge in [0.25, 0.3) is 0 Å². The van der Waals surface area contributed by atoms with Gasteiger partial charge in [-0.05, 0) is 37.0 Å². The lowest BCUT2D eigenvalue weighted by molar-refractivity contribution is -0.133. The monoisotopic (exact) mass is 339 g/mol. The number of benzene rings is 1. The maximum atomic E-state index is 12.9. The number of carbonyl (C=O) groups excluding carboxylic acids is 3. The number of nitrogens with zero attached hydrogens (tertiary/aromatic N) is 1. The molecular formula is C21H25NO3. The molecule has 0 bridgehead atoms. The third-order valence-corrected chi connectivity index (χ3v) is 4.92. The Morgan fingerprint density at radius 1 is 1.32 bits per heavy atom. The van der Waals surface area contributed by atoms with Crippen LogP contribution in [-0.2, 0) is 20.8 Å². The van der Waals surface area contributed by atoms with E-state index < -0.39 is 11.8 Å². The van der Waals surface area contributed by atoms with Crippen molar-refractivity contribution in [1.82, 2.24) is 4.90 Å². The maximum absolute atomic E-state index is 12.9. The Morgan fingerprint density at radius 2 is 2.00 bits per heavy atom. The molecule has 1 amide bonds. The van der Waals surface area contributed by atoms with Gasteiger partial charge in [-0.15, -0.1) is 6.42 Å². The lowest BCUT2D eigenvalue weighted by Crippen LogP contribution is -2.30. The van der Waals surface area contributed by atoms with Gasteiger partial charge in [0, 0.05) is 25.8 Å². The van der Waals surface area contributed by atoms with Crippen molar-refractivity contribution in [3.63, 3.8) is 0 Å². The number of Topliss-reactive ketones (excluding diaryl/α,β-unsaturated/α-hetero) is 2. The first kappa shape index (κ1) is 18.9. The molecule has 2 unspecified atom stereocenters. The first-order chi connectivity index (χ1) is 11.8. The number of aryl methyl sites for hydroxylation is 3. The van der Waals surface area contributed by atoms with Crippen LogP contribution < -0.4 is 0 Å². The molecule has 2 rings (SSSR count). The summed E-state index contributed by atoms with van der Waals surface area (Å²) in [4.78, 5) is 39.1. The Bertz CT molecular complexity index is 757. The standard InChI is InChI=1S/C21H25NO3/c1-6-8-22(5)18(24)12-16-11-17(23)20(21(16)25)19-14(4)9-13(3)10-15(19)7-2/h1,9-10,16,20H,7-8,11-12H2,2-5H3. The molecule has 4 heteroatoms. The van der Waals surface area contributed by atoms with E-state index in [0.717, 1.165) is 28.7 Å². The SMILES string of the molecule is C#CCN(C)C(=O)CC1CC(=O)C(c2c(C)cc(C)cc2CC)C1=O. The summed E-state index contributed by atoms with van der Waals surface area (Å²) in [5.41, 5.74) is 3.98. The summed E-state index contributed by atoms with van der Waals surface area (Å²) in [7, 11) is 1.61. The Labute approximate surface area is 149 Å². The van der Waals surface area contributed by atoms with Crippen molar-refractivity contribution in [3.05, 3.63) is 34.4 Å². The van der Waals surface area contributed by atoms with Crippen LogP contribution in [0.4, 0.5) is 0 Å². The Hall–Kier alpha value is -2.41. The molecule has 0 N–H and O–H groups in total. The third kappa shape index (κ3) is 3.82. The zero-order valence-corrected chi connectivity index (χ0v) is 15.4. The maximum Gasteiger partial charge on any atom is 0.223 e. The lowest BCUT2D eigenvalue weighted by atomic mass is 9.85. The smallest absolute Gasteiger partial charge is 0.223 e. The number of amides is 1. The van der Waals surface area contributed by atoms with Crippen molar-refractivity contribution >= 4 is 17.5 Å². The van der Waals surface area contributed by atoms with Crippen LogP contribution in [0.1, 0.15) is 47.9 Å². The summed E-state index contributed by atoms with van der Waals surface area (Å²) in [6.07, 6.45) is 6.17. The van der Waals surface area contributed by atoms with Gasteiger partial charge >= 0.3 is 0 Å². The van der Waals surface area contributed by atoms with Gasteiger partial charge in [-0.1, -0.05) is 30.5 Å². The van der Waals surface area contributed by atoms with Crippen molar-refractivity contribution in [2.45, 2.75) is 46.0 Å². The molecule has 0 aliphatic heterocycles. The van der Waals surface area contributed by atoms with E-state index in [9.17, 15) is 14.4 Å². The molecule has 1 aliphatic carbocycles. The normalized spacial score (nSPS) is 19.8. The number of ketones is 2. The summed E-state index contributed by atoms with van der Waals surface area (Å²) >= 11 is 0. The zero-order chi connectivity index (χ0) is 18.7. The van der Waals surface area contributed by atoms with Crippen LogP contribution in [0, 0.1) is 32.1 Å².